The third-order valence-corrected chi connectivity index (χ3v) is 5.67. The molecule has 98 valence electrons. The molecule has 3 heteroatoms. The first kappa shape index (κ1) is 14.5. The summed E-state index contributed by atoms with van der Waals surface area (Å²) in [6.45, 7) is 2.01. The van der Waals surface area contributed by atoms with Crippen molar-refractivity contribution in [2.24, 2.45) is 0 Å². The minimum Gasteiger partial charge on any atom is -0.293 e. The number of carbonyl (C=O) groups excluding carboxylic acids is 1. The van der Waals surface area contributed by atoms with Crippen LogP contribution >= 0.6 is 31.9 Å². The Hall–Kier alpha value is -0.930. The second-order valence-corrected chi connectivity index (χ2v) is 6.42. The highest BCUT2D eigenvalue weighted by atomic mass is 79.9. The lowest BCUT2D eigenvalue weighted by molar-refractivity contribution is 0.0991. The lowest BCUT2D eigenvalue weighted by atomic mass is 10.0. The molecule has 0 heterocycles. The van der Waals surface area contributed by atoms with Crippen LogP contribution in [0.5, 0.6) is 0 Å². The number of benzene rings is 2. The number of hydrogen-bond acceptors (Lipinski definition) is 1. The highest BCUT2D eigenvalue weighted by Crippen LogP contribution is 2.33. The van der Waals surface area contributed by atoms with Gasteiger partial charge in [0, 0.05) is 5.56 Å². The number of aryl methyl sites for hydroxylation is 1. The van der Waals surface area contributed by atoms with E-state index < -0.39 is 0 Å². The molecule has 0 aliphatic carbocycles. The fraction of sp³-hybridized carbons (Fsp3) is 0.188. The minimum absolute atomic E-state index is 0.0393. The smallest absolute Gasteiger partial charge is 0.177 e. The summed E-state index contributed by atoms with van der Waals surface area (Å²) in [7, 11) is 0. The van der Waals surface area contributed by atoms with Crippen LogP contribution in [0.15, 0.2) is 54.6 Å². The molecule has 2 atom stereocenters. The van der Waals surface area contributed by atoms with Crippen LogP contribution in [-0.2, 0) is 0 Å². The Kier molecular flexibility index (Phi) is 4.94. The summed E-state index contributed by atoms with van der Waals surface area (Å²) >= 11 is 7.10. The average Bonchev–Trinajstić information content (AvgIpc) is 2.46. The van der Waals surface area contributed by atoms with Crippen LogP contribution in [0.4, 0.5) is 0 Å². The van der Waals surface area contributed by atoms with Crippen molar-refractivity contribution in [2.75, 3.05) is 0 Å². The van der Waals surface area contributed by atoms with Crippen molar-refractivity contribution in [1.29, 1.82) is 0 Å². The van der Waals surface area contributed by atoms with Gasteiger partial charge in [-0.3, -0.25) is 4.79 Å². The van der Waals surface area contributed by atoms with Gasteiger partial charge >= 0.3 is 0 Å². The molecular weight excluding hydrogens is 368 g/mol. The first-order valence-electron chi connectivity index (χ1n) is 6.03. The highest BCUT2D eigenvalue weighted by Gasteiger charge is 2.25. The van der Waals surface area contributed by atoms with E-state index in [0.717, 1.165) is 16.7 Å². The van der Waals surface area contributed by atoms with Crippen LogP contribution in [0.2, 0.25) is 0 Å². The molecule has 0 saturated carbocycles. The molecule has 0 bridgehead atoms. The lowest BCUT2D eigenvalue weighted by Crippen LogP contribution is -2.19. The second kappa shape index (κ2) is 6.49. The van der Waals surface area contributed by atoms with Gasteiger partial charge < -0.3 is 0 Å². The van der Waals surface area contributed by atoms with Crippen LogP contribution < -0.4 is 0 Å². The van der Waals surface area contributed by atoms with Gasteiger partial charge in [-0.05, 0) is 12.5 Å². The number of Topliss-reactive ketones (excluding diaryl/α,β-unsaturated/α-hetero) is 1. The van der Waals surface area contributed by atoms with E-state index in [4.69, 9.17) is 0 Å². The number of hydrogen-bond donors (Lipinski definition) is 0. The van der Waals surface area contributed by atoms with Gasteiger partial charge in [-0.2, -0.15) is 0 Å². The van der Waals surface area contributed by atoms with Crippen LogP contribution in [0.3, 0.4) is 0 Å². The zero-order valence-electron chi connectivity index (χ0n) is 10.5. The molecule has 0 aliphatic rings. The van der Waals surface area contributed by atoms with E-state index in [9.17, 15) is 4.79 Å². The van der Waals surface area contributed by atoms with Crippen molar-refractivity contribution < 1.29 is 4.79 Å². The summed E-state index contributed by atoms with van der Waals surface area (Å²) in [5.74, 6) is 0.0886. The van der Waals surface area contributed by atoms with Gasteiger partial charge in [-0.15, -0.1) is 0 Å². The summed E-state index contributed by atoms with van der Waals surface area (Å²) in [4.78, 5) is 12.1. The maximum absolute atomic E-state index is 12.4. The van der Waals surface area contributed by atoms with Crippen LogP contribution in [0.1, 0.15) is 26.3 Å². The Bertz CT molecular complexity index is 549. The largest absolute Gasteiger partial charge is 0.293 e. The molecule has 1 nitrogen and oxygen atoms in total. The van der Waals surface area contributed by atoms with Gasteiger partial charge in [0.2, 0.25) is 0 Å². The molecule has 0 amide bonds. The Balaban J connectivity index is 2.17. The minimum atomic E-state index is -0.280. The molecule has 0 saturated heterocycles. The number of carbonyl (C=O) groups is 1. The maximum atomic E-state index is 12.4. The Morgan fingerprint density at radius 1 is 0.947 bits per heavy atom. The fourth-order valence-electron chi connectivity index (χ4n) is 1.82. The first-order valence-corrected chi connectivity index (χ1v) is 7.86. The fourth-order valence-corrected chi connectivity index (χ4v) is 2.93. The number of halogens is 2. The summed E-state index contributed by atoms with van der Waals surface area (Å²) in [5.41, 5.74) is 2.97. The third-order valence-electron chi connectivity index (χ3n) is 2.96. The van der Waals surface area contributed by atoms with E-state index in [0.29, 0.717) is 0 Å². The van der Waals surface area contributed by atoms with E-state index in [1.54, 1.807) is 0 Å². The molecule has 0 radical (unpaired) electrons. The predicted molar refractivity (Wildman–Crippen MR) is 86.3 cm³/mol. The molecule has 0 N–H and O–H groups in total. The lowest BCUT2D eigenvalue weighted by Gasteiger charge is -2.16. The van der Waals surface area contributed by atoms with E-state index in [1.807, 2.05) is 61.5 Å². The third kappa shape index (κ3) is 3.54. The summed E-state index contributed by atoms with van der Waals surface area (Å²) in [6, 6.07) is 17.6. The van der Waals surface area contributed by atoms with E-state index >= 15 is 0 Å². The van der Waals surface area contributed by atoms with Crippen molar-refractivity contribution in [2.45, 2.75) is 16.6 Å². The van der Waals surface area contributed by atoms with Crippen LogP contribution in [0.25, 0.3) is 0 Å². The number of rotatable bonds is 4. The predicted octanol–water partition coefficient (Wildman–Crippen LogP) is 5.08. The summed E-state index contributed by atoms with van der Waals surface area (Å²) in [6.07, 6.45) is 0. The molecule has 0 unspecified atom stereocenters. The van der Waals surface area contributed by atoms with Crippen molar-refractivity contribution in [3.05, 3.63) is 71.3 Å². The highest BCUT2D eigenvalue weighted by molar-refractivity contribution is 9.12. The van der Waals surface area contributed by atoms with Gasteiger partial charge in [0.15, 0.2) is 5.78 Å². The first-order chi connectivity index (χ1) is 9.09. The van der Waals surface area contributed by atoms with Gasteiger partial charge in [0.05, 0.1) is 9.65 Å². The van der Waals surface area contributed by atoms with Crippen LogP contribution in [-0.4, -0.2) is 10.6 Å². The topological polar surface area (TPSA) is 17.1 Å². The molecule has 2 rings (SSSR count). The normalized spacial score (nSPS) is 13.8. The van der Waals surface area contributed by atoms with E-state index in [1.165, 1.54) is 0 Å². The average molecular weight is 382 g/mol. The van der Waals surface area contributed by atoms with Crippen molar-refractivity contribution in [3.8, 4) is 0 Å². The van der Waals surface area contributed by atoms with Crippen molar-refractivity contribution in [1.82, 2.24) is 0 Å². The molecular formula is C16H14Br2O. The standard InChI is InChI=1S/C16H14Br2O/c1-11-7-9-13(10-8-11)16(19)15(18)14(17)12-5-3-2-4-6-12/h2-10,14-15H,1H3/t14-,15-/m1/s1. The zero-order valence-corrected chi connectivity index (χ0v) is 13.7. The molecule has 2 aromatic rings. The number of ketones is 1. The van der Waals surface area contributed by atoms with Gasteiger partial charge in [-0.1, -0.05) is 92.0 Å². The monoisotopic (exact) mass is 380 g/mol. The van der Waals surface area contributed by atoms with Crippen molar-refractivity contribution >= 4 is 37.6 Å². The van der Waals surface area contributed by atoms with E-state index in [2.05, 4.69) is 31.9 Å². The number of alkyl halides is 2. The Labute approximate surface area is 130 Å². The SMILES string of the molecule is Cc1ccc(C(=O)[C@H](Br)[C@H](Br)c2ccccc2)cc1. The maximum Gasteiger partial charge on any atom is 0.177 e. The van der Waals surface area contributed by atoms with Crippen LogP contribution in [0, 0.1) is 6.92 Å². The Morgan fingerprint density at radius 3 is 2.11 bits per heavy atom. The molecule has 0 fully saturated rings. The van der Waals surface area contributed by atoms with Gasteiger partial charge in [0.25, 0.3) is 0 Å². The molecule has 2 aromatic carbocycles. The Morgan fingerprint density at radius 2 is 1.53 bits per heavy atom. The van der Waals surface area contributed by atoms with E-state index in [-0.39, 0.29) is 15.4 Å². The second-order valence-electron chi connectivity index (χ2n) is 4.44. The zero-order chi connectivity index (χ0) is 13.8. The molecule has 0 aromatic heterocycles. The van der Waals surface area contributed by atoms with Gasteiger partial charge in [-0.25, -0.2) is 0 Å². The molecule has 0 spiro atoms. The molecule has 19 heavy (non-hydrogen) atoms. The quantitative estimate of drug-likeness (QED) is 0.533. The molecule has 0 aliphatic heterocycles. The van der Waals surface area contributed by atoms with Gasteiger partial charge in [0.1, 0.15) is 0 Å². The van der Waals surface area contributed by atoms with Crippen molar-refractivity contribution in [3.63, 3.8) is 0 Å². The summed E-state index contributed by atoms with van der Waals surface area (Å²) < 4.78 is 0. The summed E-state index contributed by atoms with van der Waals surface area (Å²) in [5, 5.41) is 0.